The van der Waals surface area contributed by atoms with E-state index in [9.17, 15) is 26.7 Å². The average Bonchev–Trinajstić information content (AvgIpc) is 2.14. The third kappa shape index (κ3) is 2.47. The minimum absolute atomic E-state index is 0.138. The molecule has 1 aromatic rings. The zero-order chi connectivity index (χ0) is 12.5. The van der Waals surface area contributed by atoms with E-state index < -0.39 is 27.4 Å². The Morgan fingerprint density at radius 2 is 1.94 bits per heavy atom. The van der Waals surface area contributed by atoms with Crippen molar-refractivity contribution in [3.63, 3.8) is 0 Å². The van der Waals surface area contributed by atoms with Crippen molar-refractivity contribution in [1.29, 1.82) is 0 Å². The number of carbonyl (C=O) groups excluding carboxylic acids is 1. The molecule has 1 heterocycles. The summed E-state index contributed by atoms with van der Waals surface area (Å²) in [6.07, 6.45) is -7.47. The molecule has 0 N–H and O–H groups in total. The van der Waals surface area contributed by atoms with Gasteiger partial charge in [-0.05, 0) is 22.6 Å². The van der Waals surface area contributed by atoms with Crippen molar-refractivity contribution >= 4 is 28.9 Å². The van der Waals surface area contributed by atoms with Gasteiger partial charge in [-0.3, -0.25) is 9.78 Å². The smallest absolute Gasteiger partial charge is 0.298 e. The molecule has 0 radical (unpaired) electrons. The Kier molecular flexibility index (Phi) is 3.81. The van der Waals surface area contributed by atoms with Crippen LogP contribution >= 0.6 is 22.6 Å². The van der Waals surface area contributed by atoms with Crippen LogP contribution in [0.25, 0.3) is 0 Å². The molecule has 1 rings (SSSR count). The monoisotopic (exact) mass is 351 g/mol. The van der Waals surface area contributed by atoms with E-state index in [2.05, 4.69) is 4.98 Å². The van der Waals surface area contributed by atoms with Crippen LogP contribution in [-0.2, 0) is 6.18 Å². The number of aromatic nitrogens is 1. The van der Waals surface area contributed by atoms with E-state index in [1.54, 1.807) is 0 Å². The summed E-state index contributed by atoms with van der Waals surface area (Å²) in [5.74, 6) is 0. The zero-order valence-electron chi connectivity index (χ0n) is 7.36. The lowest BCUT2D eigenvalue weighted by Crippen LogP contribution is -2.15. The number of pyridine rings is 1. The number of halogens is 6. The Morgan fingerprint density at radius 1 is 1.38 bits per heavy atom. The summed E-state index contributed by atoms with van der Waals surface area (Å²) >= 11 is 1.20. The summed E-state index contributed by atoms with van der Waals surface area (Å²) in [5.41, 5.74) is -3.27. The Bertz CT molecular complexity index is 418. The van der Waals surface area contributed by atoms with E-state index in [1.165, 1.54) is 22.6 Å². The van der Waals surface area contributed by atoms with E-state index in [4.69, 9.17) is 0 Å². The number of carbonyl (C=O) groups is 1. The molecule has 0 atom stereocenters. The van der Waals surface area contributed by atoms with Gasteiger partial charge in [0.2, 0.25) is 0 Å². The van der Waals surface area contributed by atoms with Crippen LogP contribution in [0, 0.1) is 3.57 Å². The first kappa shape index (κ1) is 13.3. The normalized spacial score (nSPS) is 11.9. The van der Waals surface area contributed by atoms with Gasteiger partial charge in [-0.15, -0.1) is 0 Å². The lowest BCUT2D eigenvalue weighted by molar-refractivity contribution is -0.140. The Balaban J connectivity index is 3.56. The van der Waals surface area contributed by atoms with Gasteiger partial charge >= 0.3 is 6.18 Å². The fourth-order valence-corrected chi connectivity index (χ4v) is 1.88. The first-order valence-corrected chi connectivity index (χ1v) is 4.85. The van der Waals surface area contributed by atoms with Crippen LogP contribution in [0.4, 0.5) is 22.0 Å². The maximum Gasteiger partial charge on any atom is 0.419 e. The minimum Gasteiger partial charge on any atom is -0.298 e. The third-order valence-corrected chi connectivity index (χ3v) is 2.85. The van der Waals surface area contributed by atoms with Gasteiger partial charge in [0.1, 0.15) is 5.69 Å². The second kappa shape index (κ2) is 4.60. The molecule has 2 nitrogen and oxygen atoms in total. The second-order valence-electron chi connectivity index (χ2n) is 2.70. The lowest BCUT2D eigenvalue weighted by atomic mass is 10.1. The molecule has 0 amide bonds. The summed E-state index contributed by atoms with van der Waals surface area (Å²) in [7, 11) is 0. The van der Waals surface area contributed by atoms with Crippen molar-refractivity contribution in [2.75, 3.05) is 0 Å². The van der Waals surface area contributed by atoms with Crippen molar-refractivity contribution in [3.8, 4) is 0 Å². The molecule has 0 aromatic carbocycles. The molecule has 0 fully saturated rings. The summed E-state index contributed by atoms with van der Waals surface area (Å²) in [6, 6.07) is 0. The molecule has 0 aliphatic rings. The van der Waals surface area contributed by atoms with Crippen LogP contribution in [0.1, 0.15) is 28.0 Å². The highest BCUT2D eigenvalue weighted by Crippen LogP contribution is 2.38. The predicted molar refractivity (Wildman–Crippen MR) is 52.3 cm³/mol. The molecule has 0 saturated heterocycles. The largest absolute Gasteiger partial charge is 0.419 e. The number of alkyl halides is 5. The van der Waals surface area contributed by atoms with Crippen molar-refractivity contribution < 1.29 is 26.7 Å². The lowest BCUT2D eigenvalue weighted by Gasteiger charge is -2.14. The maximum absolute atomic E-state index is 12.5. The average molecular weight is 351 g/mol. The quantitative estimate of drug-likeness (QED) is 0.464. The third-order valence-electron chi connectivity index (χ3n) is 1.69. The van der Waals surface area contributed by atoms with Gasteiger partial charge < -0.3 is 0 Å². The number of hydrogen-bond donors (Lipinski definition) is 0. The highest BCUT2D eigenvalue weighted by molar-refractivity contribution is 14.1. The van der Waals surface area contributed by atoms with Crippen LogP contribution in [0.2, 0.25) is 0 Å². The highest BCUT2D eigenvalue weighted by Gasteiger charge is 2.39. The molecule has 0 unspecified atom stereocenters. The SMILES string of the molecule is O=Cc1cnc(C(F)F)c(C(F)(F)F)c1I. The molecule has 16 heavy (non-hydrogen) atoms. The fraction of sp³-hybridized carbons (Fsp3) is 0.250. The van der Waals surface area contributed by atoms with Crippen LogP contribution in [-0.4, -0.2) is 11.3 Å². The van der Waals surface area contributed by atoms with Crippen LogP contribution < -0.4 is 0 Å². The minimum atomic E-state index is -4.96. The van der Waals surface area contributed by atoms with Gasteiger partial charge in [-0.25, -0.2) is 8.78 Å². The first-order valence-electron chi connectivity index (χ1n) is 3.78. The van der Waals surface area contributed by atoms with E-state index in [1.807, 2.05) is 0 Å². The maximum atomic E-state index is 12.5. The van der Waals surface area contributed by atoms with Gasteiger partial charge in [0.15, 0.2) is 6.29 Å². The van der Waals surface area contributed by atoms with Gasteiger partial charge in [-0.2, -0.15) is 13.2 Å². The summed E-state index contributed by atoms with van der Waals surface area (Å²) in [4.78, 5) is 13.4. The van der Waals surface area contributed by atoms with Gasteiger partial charge in [0.05, 0.1) is 5.56 Å². The molecule has 88 valence electrons. The van der Waals surface area contributed by atoms with Gasteiger partial charge in [-0.1, -0.05) is 0 Å². The summed E-state index contributed by atoms with van der Waals surface area (Å²) in [5, 5.41) is 0. The molecule has 0 spiro atoms. The molecular formula is C8H3F5INO. The Labute approximate surface area is 100.0 Å². The molecule has 1 aromatic heterocycles. The van der Waals surface area contributed by atoms with Crippen molar-refractivity contribution in [3.05, 3.63) is 26.6 Å². The standard InChI is InChI=1S/C8H3F5INO/c9-7(10)6-4(8(11,12)13)5(14)3(2-16)1-15-6/h1-2,7H. The van der Waals surface area contributed by atoms with Crippen LogP contribution in [0.5, 0.6) is 0 Å². The van der Waals surface area contributed by atoms with Crippen molar-refractivity contribution in [2.45, 2.75) is 12.6 Å². The number of nitrogens with zero attached hydrogens (tertiary/aromatic N) is 1. The Morgan fingerprint density at radius 3 is 2.31 bits per heavy atom. The highest BCUT2D eigenvalue weighted by atomic mass is 127. The van der Waals surface area contributed by atoms with Crippen LogP contribution in [0.3, 0.4) is 0 Å². The van der Waals surface area contributed by atoms with E-state index in [-0.39, 0.29) is 11.8 Å². The second-order valence-corrected chi connectivity index (χ2v) is 3.78. The van der Waals surface area contributed by atoms with Gasteiger partial charge in [0, 0.05) is 15.3 Å². The van der Waals surface area contributed by atoms with E-state index >= 15 is 0 Å². The van der Waals surface area contributed by atoms with Crippen LogP contribution in [0.15, 0.2) is 6.20 Å². The predicted octanol–water partition coefficient (Wildman–Crippen LogP) is 3.46. The zero-order valence-corrected chi connectivity index (χ0v) is 9.51. The summed E-state index contributed by atoms with van der Waals surface area (Å²) in [6.45, 7) is 0. The Hall–Kier alpha value is -0.800. The topological polar surface area (TPSA) is 30.0 Å². The molecule has 0 bridgehead atoms. The molecule has 8 heteroatoms. The number of aldehydes is 1. The van der Waals surface area contributed by atoms with Crippen molar-refractivity contribution in [1.82, 2.24) is 4.98 Å². The van der Waals surface area contributed by atoms with E-state index in [0.717, 1.165) is 0 Å². The molecule has 0 aliphatic heterocycles. The molecule has 0 saturated carbocycles. The number of rotatable bonds is 2. The fourth-order valence-electron chi connectivity index (χ4n) is 1.03. The molecule has 0 aliphatic carbocycles. The molecular weight excluding hydrogens is 348 g/mol. The number of hydrogen-bond acceptors (Lipinski definition) is 2. The van der Waals surface area contributed by atoms with Gasteiger partial charge in [0.25, 0.3) is 6.43 Å². The summed E-state index contributed by atoms with van der Waals surface area (Å²) < 4.78 is 61.5. The first-order chi connectivity index (χ1) is 7.29. The van der Waals surface area contributed by atoms with E-state index in [0.29, 0.717) is 6.20 Å². The van der Waals surface area contributed by atoms with Crippen molar-refractivity contribution in [2.24, 2.45) is 0 Å².